The second-order valence-electron chi connectivity index (χ2n) is 8.32. The van der Waals surface area contributed by atoms with Crippen LogP contribution in [0.25, 0.3) is 0 Å². The summed E-state index contributed by atoms with van der Waals surface area (Å²) in [7, 11) is 0. The van der Waals surface area contributed by atoms with Crippen LogP contribution in [0.1, 0.15) is 30.4 Å². The predicted octanol–water partition coefficient (Wildman–Crippen LogP) is 3.66. The molecule has 0 N–H and O–H groups in total. The van der Waals surface area contributed by atoms with Crippen molar-refractivity contribution in [3.8, 4) is 5.75 Å². The Labute approximate surface area is 183 Å². The van der Waals surface area contributed by atoms with Gasteiger partial charge in [-0.1, -0.05) is 24.3 Å². The number of amides is 1. The van der Waals surface area contributed by atoms with E-state index in [2.05, 4.69) is 29.2 Å². The maximum absolute atomic E-state index is 13.1. The molecular formula is C25H31FN2O3. The van der Waals surface area contributed by atoms with Gasteiger partial charge in [-0.3, -0.25) is 9.69 Å². The second-order valence-corrected chi connectivity index (χ2v) is 8.32. The van der Waals surface area contributed by atoms with Crippen LogP contribution >= 0.6 is 0 Å². The van der Waals surface area contributed by atoms with E-state index in [-0.39, 0.29) is 24.4 Å². The minimum Gasteiger partial charge on any atom is -0.484 e. The minimum atomic E-state index is -0.317. The monoisotopic (exact) mass is 426 g/mol. The van der Waals surface area contributed by atoms with Gasteiger partial charge in [-0.2, -0.15) is 0 Å². The lowest BCUT2D eigenvalue weighted by molar-refractivity contribution is -0.137. The molecule has 0 radical (unpaired) electrons. The molecule has 0 unspecified atom stereocenters. The molecule has 0 aliphatic carbocycles. The lowest BCUT2D eigenvalue weighted by Crippen LogP contribution is -2.46. The number of hydrogen-bond donors (Lipinski definition) is 0. The number of nitrogens with zero attached hydrogens (tertiary/aromatic N) is 2. The van der Waals surface area contributed by atoms with Gasteiger partial charge < -0.3 is 14.4 Å². The van der Waals surface area contributed by atoms with Crippen LogP contribution in [0.3, 0.4) is 0 Å². The smallest absolute Gasteiger partial charge is 0.260 e. The molecule has 2 aliphatic rings. The zero-order valence-corrected chi connectivity index (χ0v) is 18.0. The lowest BCUT2D eigenvalue weighted by atomic mass is 10.00. The Morgan fingerprint density at radius 2 is 1.84 bits per heavy atom. The average Bonchev–Trinajstić information content (AvgIpc) is 2.82. The Morgan fingerprint density at radius 3 is 2.61 bits per heavy atom. The number of halogens is 1. The molecule has 0 bridgehead atoms. The van der Waals surface area contributed by atoms with Gasteiger partial charge in [0.1, 0.15) is 11.6 Å². The van der Waals surface area contributed by atoms with Gasteiger partial charge in [0, 0.05) is 45.4 Å². The fraction of sp³-hybridized carbons (Fsp3) is 0.480. The summed E-state index contributed by atoms with van der Waals surface area (Å²) in [5.74, 6) is 0.178. The number of benzene rings is 2. The highest BCUT2D eigenvalue weighted by Gasteiger charge is 2.26. The van der Waals surface area contributed by atoms with E-state index in [1.807, 2.05) is 4.90 Å². The average molecular weight is 427 g/mol. The van der Waals surface area contributed by atoms with E-state index < -0.39 is 0 Å². The maximum atomic E-state index is 13.1. The summed E-state index contributed by atoms with van der Waals surface area (Å²) in [6, 6.07) is 14.6. The number of carbonyl (C=O) groups excluding carboxylic acids is 1. The van der Waals surface area contributed by atoms with Crippen LogP contribution in [0, 0.1) is 5.82 Å². The molecular weight excluding hydrogens is 395 g/mol. The van der Waals surface area contributed by atoms with Crippen molar-refractivity contribution < 1.29 is 18.7 Å². The summed E-state index contributed by atoms with van der Waals surface area (Å²) in [6.45, 7) is 5.09. The molecule has 0 atom stereocenters. The van der Waals surface area contributed by atoms with E-state index in [0.717, 1.165) is 45.3 Å². The van der Waals surface area contributed by atoms with Gasteiger partial charge >= 0.3 is 0 Å². The first kappa shape index (κ1) is 21.8. The number of carbonyl (C=O) groups is 1. The van der Waals surface area contributed by atoms with Crippen LogP contribution in [0.5, 0.6) is 5.75 Å². The summed E-state index contributed by atoms with van der Waals surface area (Å²) in [5, 5.41) is 0. The first-order valence-electron chi connectivity index (χ1n) is 11.2. The lowest BCUT2D eigenvalue weighted by Gasteiger charge is -2.35. The van der Waals surface area contributed by atoms with E-state index in [1.165, 1.54) is 23.3 Å². The normalized spacial score (nSPS) is 17.2. The van der Waals surface area contributed by atoms with Crippen molar-refractivity contribution in [3.63, 3.8) is 0 Å². The van der Waals surface area contributed by atoms with Crippen LogP contribution in [0.15, 0.2) is 48.5 Å². The van der Waals surface area contributed by atoms with Gasteiger partial charge in [-0.05, 0) is 61.1 Å². The number of fused-ring (bicyclic) bond motifs is 1. The molecule has 0 saturated carbocycles. The quantitative estimate of drug-likeness (QED) is 0.646. The zero-order chi connectivity index (χ0) is 21.5. The third-order valence-electron chi connectivity index (χ3n) is 6.21. The van der Waals surface area contributed by atoms with Crippen molar-refractivity contribution in [2.24, 2.45) is 0 Å². The first-order chi connectivity index (χ1) is 15.2. The molecule has 0 aromatic heterocycles. The summed E-state index contributed by atoms with van der Waals surface area (Å²) in [5.41, 5.74) is 2.87. The fourth-order valence-corrected chi connectivity index (χ4v) is 4.48. The van der Waals surface area contributed by atoms with Crippen molar-refractivity contribution in [2.45, 2.75) is 38.3 Å². The van der Waals surface area contributed by atoms with Crippen LogP contribution in [0.2, 0.25) is 0 Å². The molecule has 6 heteroatoms. The summed E-state index contributed by atoms with van der Waals surface area (Å²) < 4.78 is 24.2. The topological polar surface area (TPSA) is 42.0 Å². The van der Waals surface area contributed by atoms with E-state index in [1.54, 1.807) is 12.1 Å². The predicted molar refractivity (Wildman–Crippen MR) is 117 cm³/mol. The highest BCUT2D eigenvalue weighted by molar-refractivity contribution is 5.78. The zero-order valence-electron chi connectivity index (χ0n) is 18.0. The molecule has 2 heterocycles. The summed E-state index contributed by atoms with van der Waals surface area (Å²) in [6.07, 6.45) is 3.74. The minimum absolute atomic E-state index is 0.0137. The fourth-order valence-electron chi connectivity index (χ4n) is 4.48. The molecule has 166 valence electrons. The number of hydrogen-bond acceptors (Lipinski definition) is 4. The van der Waals surface area contributed by atoms with Gasteiger partial charge in [0.25, 0.3) is 5.91 Å². The van der Waals surface area contributed by atoms with Crippen molar-refractivity contribution in [3.05, 3.63) is 65.5 Å². The first-order valence-corrected chi connectivity index (χ1v) is 11.2. The van der Waals surface area contributed by atoms with E-state index in [9.17, 15) is 9.18 Å². The second kappa shape index (κ2) is 10.7. The Kier molecular flexibility index (Phi) is 7.54. The Hall–Kier alpha value is -2.44. The molecule has 4 rings (SSSR count). The van der Waals surface area contributed by atoms with Gasteiger partial charge in [0.15, 0.2) is 6.61 Å². The van der Waals surface area contributed by atoms with Gasteiger partial charge in [0.2, 0.25) is 0 Å². The van der Waals surface area contributed by atoms with E-state index in [4.69, 9.17) is 9.47 Å². The van der Waals surface area contributed by atoms with Crippen molar-refractivity contribution in [2.75, 3.05) is 39.5 Å². The molecule has 0 spiro atoms. The van der Waals surface area contributed by atoms with Crippen molar-refractivity contribution >= 4 is 5.91 Å². The van der Waals surface area contributed by atoms with Gasteiger partial charge in [-0.25, -0.2) is 4.39 Å². The molecule has 2 aromatic carbocycles. The summed E-state index contributed by atoms with van der Waals surface area (Å²) >= 11 is 0. The van der Waals surface area contributed by atoms with Crippen LogP contribution in [-0.2, 0) is 22.5 Å². The van der Waals surface area contributed by atoms with Gasteiger partial charge in [-0.15, -0.1) is 0 Å². The molecule has 2 aliphatic heterocycles. The van der Waals surface area contributed by atoms with Gasteiger partial charge in [0.05, 0.1) is 0 Å². The Morgan fingerprint density at radius 1 is 1.10 bits per heavy atom. The SMILES string of the molecule is O=C(COc1ccc(F)cc1)N(CCCN1CCc2ccccc2C1)C1CCOCC1. The number of ether oxygens (including phenoxy) is 2. The highest BCUT2D eigenvalue weighted by atomic mass is 19.1. The van der Waals surface area contributed by atoms with Crippen LogP contribution < -0.4 is 4.74 Å². The molecule has 1 fully saturated rings. The third kappa shape index (κ3) is 6.05. The summed E-state index contributed by atoms with van der Waals surface area (Å²) in [4.78, 5) is 17.5. The van der Waals surface area contributed by atoms with Crippen molar-refractivity contribution in [1.29, 1.82) is 0 Å². The van der Waals surface area contributed by atoms with Crippen LogP contribution in [-0.4, -0.2) is 61.2 Å². The Bertz CT molecular complexity index is 852. The highest BCUT2D eigenvalue weighted by Crippen LogP contribution is 2.20. The van der Waals surface area contributed by atoms with E-state index in [0.29, 0.717) is 25.5 Å². The molecule has 2 aromatic rings. The third-order valence-corrected chi connectivity index (χ3v) is 6.21. The molecule has 1 saturated heterocycles. The largest absolute Gasteiger partial charge is 0.484 e. The Balaban J connectivity index is 1.30. The van der Waals surface area contributed by atoms with E-state index >= 15 is 0 Å². The molecule has 31 heavy (non-hydrogen) atoms. The molecule has 5 nitrogen and oxygen atoms in total. The maximum Gasteiger partial charge on any atom is 0.260 e. The number of rotatable bonds is 8. The van der Waals surface area contributed by atoms with Crippen molar-refractivity contribution in [1.82, 2.24) is 9.80 Å². The van der Waals surface area contributed by atoms with Crippen LogP contribution in [0.4, 0.5) is 4.39 Å². The standard InChI is InChI=1S/C25H31FN2O3/c26-22-6-8-24(9-7-22)31-19-25(29)28(23-11-16-30-17-12-23)14-3-13-27-15-10-20-4-1-2-5-21(20)18-27/h1-2,4-9,23H,3,10-19H2. The molecule has 1 amide bonds.